The van der Waals surface area contributed by atoms with Gasteiger partial charge in [0.25, 0.3) is 0 Å². The molecule has 0 radical (unpaired) electrons. The first-order valence-corrected chi connectivity index (χ1v) is 8.81. The third-order valence-corrected chi connectivity index (χ3v) is 4.25. The van der Waals surface area contributed by atoms with Gasteiger partial charge in [0.05, 0.1) is 6.61 Å². The average molecular weight is 438 g/mol. The fraction of sp³-hybridized carbons (Fsp3) is 0.941. The molecule has 0 aromatic carbocycles. The molecule has 0 saturated carbocycles. The second-order valence-electron chi connectivity index (χ2n) is 7.75. The van der Waals surface area contributed by atoms with Crippen LogP contribution in [0, 0.1) is 11.3 Å². The number of aliphatic imine (C=N–C) groups is 1. The fourth-order valence-electron chi connectivity index (χ4n) is 2.97. The molecule has 1 N–H and O–H groups in total. The van der Waals surface area contributed by atoms with Gasteiger partial charge in [0.15, 0.2) is 5.96 Å². The van der Waals surface area contributed by atoms with Crippen molar-refractivity contribution in [1.29, 1.82) is 0 Å². The second kappa shape index (κ2) is 10.0. The lowest BCUT2D eigenvalue weighted by molar-refractivity contribution is 0.139. The first kappa shape index (κ1) is 21.0. The molecular formula is C17H35IN4O. The molecule has 0 aliphatic carbocycles. The van der Waals surface area contributed by atoms with E-state index in [0.29, 0.717) is 0 Å². The van der Waals surface area contributed by atoms with E-state index in [1.54, 1.807) is 0 Å². The molecule has 136 valence electrons. The Kier molecular flexibility index (Phi) is 9.15. The Morgan fingerprint density at radius 1 is 1.22 bits per heavy atom. The summed E-state index contributed by atoms with van der Waals surface area (Å²) in [5.41, 5.74) is 0.241. The van der Waals surface area contributed by atoms with Gasteiger partial charge in [0.1, 0.15) is 0 Å². The van der Waals surface area contributed by atoms with Crippen LogP contribution in [0.15, 0.2) is 4.99 Å². The predicted molar refractivity (Wildman–Crippen MR) is 108 cm³/mol. The third-order valence-electron chi connectivity index (χ3n) is 4.25. The van der Waals surface area contributed by atoms with E-state index in [9.17, 15) is 0 Å². The van der Waals surface area contributed by atoms with Crippen molar-refractivity contribution in [1.82, 2.24) is 15.1 Å². The Morgan fingerprint density at radius 3 is 2.43 bits per heavy atom. The molecule has 0 aromatic heterocycles. The minimum Gasteiger partial charge on any atom is -0.381 e. The molecule has 2 aliphatic rings. The third kappa shape index (κ3) is 7.56. The van der Waals surface area contributed by atoms with Gasteiger partial charge in [-0.3, -0.25) is 9.89 Å². The van der Waals surface area contributed by atoms with E-state index in [1.165, 1.54) is 13.0 Å². The van der Waals surface area contributed by atoms with Crippen molar-refractivity contribution in [3.8, 4) is 0 Å². The summed E-state index contributed by atoms with van der Waals surface area (Å²) in [5, 5.41) is 3.45. The topological polar surface area (TPSA) is 40.1 Å². The summed E-state index contributed by atoms with van der Waals surface area (Å²) in [6.07, 6.45) is 1.23. The summed E-state index contributed by atoms with van der Waals surface area (Å²) < 4.78 is 5.49. The number of halogens is 1. The Balaban J connectivity index is 0.00000264. The Labute approximate surface area is 159 Å². The molecule has 2 fully saturated rings. The van der Waals surface area contributed by atoms with Crippen LogP contribution in [-0.4, -0.2) is 74.8 Å². The Hall–Kier alpha value is -0.0800. The van der Waals surface area contributed by atoms with Gasteiger partial charge in [0.2, 0.25) is 0 Å². The zero-order chi connectivity index (χ0) is 16.0. The Morgan fingerprint density at radius 2 is 1.91 bits per heavy atom. The number of nitrogens with zero attached hydrogens (tertiary/aromatic N) is 3. The van der Waals surface area contributed by atoms with E-state index in [-0.39, 0.29) is 29.4 Å². The van der Waals surface area contributed by atoms with Crippen molar-refractivity contribution in [3.63, 3.8) is 0 Å². The molecule has 1 unspecified atom stereocenters. The smallest absolute Gasteiger partial charge is 0.194 e. The molecule has 0 spiro atoms. The minimum atomic E-state index is 0. The first-order chi connectivity index (χ1) is 10.5. The SMILES string of the molecule is CCNC(=NCC(C)(C)C)N1CCN(CC2CCOC2)CC1.I. The Bertz CT molecular complexity index is 356. The van der Waals surface area contributed by atoms with E-state index < -0.39 is 0 Å². The predicted octanol–water partition coefficient (Wildman–Crippen LogP) is 2.27. The van der Waals surface area contributed by atoms with Gasteiger partial charge in [-0.25, -0.2) is 0 Å². The summed E-state index contributed by atoms with van der Waals surface area (Å²) in [7, 11) is 0. The lowest BCUT2D eigenvalue weighted by Gasteiger charge is -2.37. The summed E-state index contributed by atoms with van der Waals surface area (Å²) >= 11 is 0. The number of rotatable bonds is 4. The fourth-order valence-corrected chi connectivity index (χ4v) is 2.97. The summed E-state index contributed by atoms with van der Waals surface area (Å²) in [6.45, 7) is 18.2. The van der Waals surface area contributed by atoms with Crippen molar-refractivity contribution in [2.24, 2.45) is 16.3 Å². The molecular weight excluding hydrogens is 403 g/mol. The molecule has 0 amide bonds. The van der Waals surface area contributed by atoms with Crippen molar-refractivity contribution < 1.29 is 4.74 Å². The van der Waals surface area contributed by atoms with Crippen LogP contribution in [0.5, 0.6) is 0 Å². The second-order valence-corrected chi connectivity index (χ2v) is 7.75. The van der Waals surface area contributed by atoms with Crippen molar-refractivity contribution in [2.45, 2.75) is 34.1 Å². The summed E-state index contributed by atoms with van der Waals surface area (Å²) in [4.78, 5) is 9.83. The van der Waals surface area contributed by atoms with E-state index in [1.807, 2.05) is 0 Å². The number of hydrogen-bond acceptors (Lipinski definition) is 3. The van der Waals surface area contributed by atoms with Gasteiger partial charge in [-0.1, -0.05) is 20.8 Å². The van der Waals surface area contributed by atoms with Crippen molar-refractivity contribution in [2.75, 3.05) is 59.0 Å². The molecule has 2 aliphatic heterocycles. The van der Waals surface area contributed by atoms with Gasteiger partial charge < -0.3 is 15.0 Å². The van der Waals surface area contributed by atoms with Gasteiger partial charge in [-0.15, -0.1) is 24.0 Å². The minimum absolute atomic E-state index is 0. The van der Waals surface area contributed by atoms with Gasteiger partial charge in [-0.05, 0) is 24.7 Å². The maximum Gasteiger partial charge on any atom is 0.194 e. The summed E-state index contributed by atoms with van der Waals surface area (Å²) in [6, 6.07) is 0. The number of ether oxygens (including phenoxy) is 1. The average Bonchev–Trinajstić information content (AvgIpc) is 2.96. The number of piperazine rings is 1. The lowest BCUT2D eigenvalue weighted by Crippen LogP contribution is -2.53. The highest BCUT2D eigenvalue weighted by Gasteiger charge is 2.24. The van der Waals surface area contributed by atoms with Gasteiger partial charge in [0, 0.05) is 52.4 Å². The maximum atomic E-state index is 5.49. The molecule has 1 atom stereocenters. The molecule has 2 saturated heterocycles. The zero-order valence-electron chi connectivity index (χ0n) is 15.3. The van der Waals surface area contributed by atoms with E-state index in [4.69, 9.17) is 9.73 Å². The van der Waals surface area contributed by atoms with E-state index in [0.717, 1.165) is 64.4 Å². The largest absolute Gasteiger partial charge is 0.381 e. The van der Waals surface area contributed by atoms with Crippen molar-refractivity contribution >= 4 is 29.9 Å². The van der Waals surface area contributed by atoms with Crippen LogP contribution < -0.4 is 5.32 Å². The lowest BCUT2D eigenvalue weighted by atomic mass is 9.97. The molecule has 0 aromatic rings. The van der Waals surface area contributed by atoms with Crippen molar-refractivity contribution in [3.05, 3.63) is 0 Å². The monoisotopic (exact) mass is 438 g/mol. The highest BCUT2D eigenvalue weighted by molar-refractivity contribution is 14.0. The highest BCUT2D eigenvalue weighted by atomic mass is 127. The van der Waals surface area contributed by atoms with Crippen LogP contribution in [0.25, 0.3) is 0 Å². The van der Waals surface area contributed by atoms with Gasteiger partial charge in [-0.2, -0.15) is 0 Å². The molecule has 0 bridgehead atoms. The van der Waals surface area contributed by atoms with Crippen LogP contribution in [0.1, 0.15) is 34.1 Å². The summed E-state index contributed by atoms with van der Waals surface area (Å²) in [5.74, 6) is 1.83. The standard InChI is InChI=1S/C17H34N4O.HI/c1-5-18-16(19-14-17(2,3)4)21-9-7-20(8-10-21)12-15-6-11-22-13-15;/h15H,5-14H2,1-4H3,(H,18,19);1H. The van der Waals surface area contributed by atoms with Crippen LogP contribution in [0.3, 0.4) is 0 Å². The van der Waals surface area contributed by atoms with Crippen LogP contribution in [0.2, 0.25) is 0 Å². The van der Waals surface area contributed by atoms with Gasteiger partial charge >= 0.3 is 0 Å². The number of hydrogen-bond donors (Lipinski definition) is 1. The van der Waals surface area contributed by atoms with Crippen LogP contribution in [0.4, 0.5) is 0 Å². The molecule has 2 rings (SSSR count). The first-order valence-electron chi connectivity index (χ1n) is 8.81. The van der Waals surface area contributed by atoms with Crippen LogP contribution >= 0.6 is 24.0 Å². The molecule has 6 heteroatoms. The van der Waals surface area contributed by atoms with E-state index in [2.05, 4.69) is 42.8 Å². The normalized spacial score (nSPS) is 23.7. The highest BCUT2D eigenvalue weighted by Crippen LogP contribution is 2.16. The number of nitrogens with one attached hydrogen (secondary N) is 1. The number of guanidine groups is 1. The molecule has 2 heterocycles. The zero-order valence-corrected chi connectivity index (χ0v) is 17.6. The quantitative estimate of drug-likeness (QED) is 0.416. The molecule has 23 heavy (non-hydrogen) atoms. The van der Waals surface area contributed by atoms with Crippen LogP contribution in [-0.2, 0) is 4.74 Å². The maximum absolute atomic E-state index is 5.49. The molecule has 5 nitrogen and oxygen atoms in total. The van der Waals surface area contributed by atoms with E-state index >= 15 is 0 Å².